The van der Waals surface area contributed by atoms with Crippen molar-refractivity contribution in [3.63, 3.8) is 0 Å². The van der Waals surface area contributed by atoms with Gasteiger partial charge < -0.3 is 5.32 Å². The Kier molecular flexibility index (Phi) is 4.66. The Hall–Kier alpha value is -0.570. The average molecular weight is 314 g/mol. The summed E-state index contributed by atoms with van der Waals surface area (Å²) in [5, 5.41) is 3.58. The number of halogens is 2. The van der Waals surface area contributed by atoms with E-state index in [1.54, 1.807) is 6.07 Å². The number of benzene rings is 1. The molecule has 18 heavy (non-hydrogen) atoms. The van der Waals surface area contributed by atoms with Crippen molar-refractivity contribution in [2.45, 2.75) is 52.0 Å². The molecule has 1 aliphatic carbocycles. The monoisotopic (exact) mass is 313 g/mol. The molecule has 0 saturated heterocycles. The lowest BCUT2D eigenvalue weighted by molar-refractivity contribution is 0.502. The van der Waals surface area contributed by atoms with Crippen molar-refractivity contribution in [3.05, 3.63) is 28.0 Å². The zero-order valence-electron chi connectivity index (χ0n) is 11.1. The smallest absolute Gasteiger partial charge is 0.137 e. The fraction of sp³-hybridized carbons (Fsp3) is 0.600. The van der Waals surface area contributed by atoms with Crippen LogP contribution in [0.15, 0.2) is 16.6 Å². The fourth-order valence-corrected chi connectivity index (χ4v) is 3.00. The number of aryl methyl sites for hydroxylation is 1. The van der Waals surface area contributed by atoms with Gasteiger partial charge in [-0.2, -0.15) is 0 Å². The standard InChI is InChI=1S/C15H21BrFN/c1-10-4-3-5-12(7-6-10)18-15-9-13(16)14(17)8-11(15)2/h8-10,12,18H,3-7H2,1-2H3. The van der Waals surface area contributed by atoms with Crippen LogP contribution in [0.2, 0.25) is 0 Å². The number of hydrogen-bond acceptors (Lipinski definition) is 1. The Morgan fingerprint density at radius 1 is 1.22 bits per heavy atom. The Balaban J connectivity index is 2.06. The van der Waals surface area contributed by atoms with Crippen molar-refractivity contribution >= 4 is 21.6 Å². The summed E-state index contributed by atoms with van der Waals surface area (Å²) in [6, 6.07) is 3.98. The molecular formula is C15H21BrFN. The van der Waals surface area contributed by atoms with Gasteiger partial charge in [-0.05, 0) is 65.7 Å². The van der Waals surface area contributed by atoms with Crippen LogP contribution in [0, 0.1) is 18.7 Å². The third kappa shape index (κ3) is 3.47. The van der Waals surface area contributed by atoms with Gasteiger partial charge >= 0.3 is 0 Å². The molecular weight excluding hydrogens is 293 g/mol. The molecule has 1 nitrogen and oxygen atoms in total. The van der Waals surface area contributed by atoms with Crippen molar-refractivity contribution < 1.29 is 4.39 Å². The number of anilines is 1. The molecule has 1 aromatic rings. The molecule has 0 aliphatic heterocycles. The zero-order valence-corrected chi connectivity index (χ0v) is 12.7. The normalized spacial score (nSPS) is 24.7. The lowest BCUT2D eigenvalue weighted by Gasteiger charge is -2.20. The Morgan fingerprint density at radius 2 is 2.00 bits per heavy atom. The fourth-order valence-electron chi connectivity index (χ4n) is 2.65. The van der Waals surface area contributed by atoms with Crippen molar-refractivity contribution in [1.82, 2.24) is 0 Å². The molecule has 1 aromatic carbocycles. The molecule has 0 aromatic heterocycles. The summed E-state index contributed by atoms with van der Waals surface area (Å²) in [5.41, 5.74) is 2.04. The topological polar surface area (TPSA) is 12.0 Å². The van der Waals surface area contributed by atoms with Crippen LogP contribution >= 0.6 is 15.9 Å². The van der Waals surface area contributed by atoms with Gasteiger partial charge in [-0.1, -0.05) is 19.8 Å². The molecule has 0 amide bonds. The summed E-state index contributed by atoms with van der Waals surface area (Å²) >= 11 is 3.26. The first-order valence-electron chi connectivity index (χ1n) is 6.78. The van der Waals surface area contributed by atoms with Gasteiger partial charge in [-0.15, -0.1) is 0 Å². The van der Waals surface area contributed by atoms with Gasteiger partial charge in [0.25, 0.3) is 0 Å². The summed E-state index contributed by atoms with van der Waals surface area (Å²) in [6.07, 6.45) is 6.36. The Morgan fingerprint density at radius 3 is 2.78 bits per heavy atom. The maximum absolute atomic E-state index is 13.4. The van der Waals surface area contributed by atoms with Crippen LogP contribution in [0.4, 0.5) is 10.1 Å². The van der Waals surface area contributed by atoms with Crippen molar-refractivity contribution in [1.29, 1.82) is 0 Å². The summed E-state index contributed by atoms with van der Waals surface area (Å²) in [5.74, 6) is 0.658. The van der Waals surface area contributed by atoms with Gasteiger partial charge in [-0.3, -0.25) is 0 Å². The van der Waals surface area contributed by atoms with E-state index < -0.39 is 0 Å². The molecule has 0 heterocycles. The molecule has 100 valence electrons. The van der Waals surface area contributed by atoms with E-state index in [-0.39, 0.29) is 5.82 Å². The largest absolute Gasteiger partial charge is 0.382 e. The molecule has 1 fully saturated rings. The second kappa shape index (κ2) is 6.05. The zero-order chi connectivity index (χ0) is 13.1. The van der Waals surface area contributed by atoms with Crippen LogP contribution in [0.5, 0.6) is 0 Å². The predicted molar refractivity (Wildman–Crippen MR) is 78.5 cm³/mol. The van der Waals surface area contributed by atoms with Gasteiger partial charge in [0, 0.05) is 11.7 Å². The molecule has 2 rings (SSSR count). The maximum Gasteiger partial charge on any atom is 0.137 e. The van der Waals surface area contributed by atoms with Gasteiger partial charge in [0.2, 0.25) is 0 Å². The molecule has 2 unspecified atom stereocenters. The highest BCUT2D eigenvalue weighted by Gasteiger charge is 2.17. The summed E-state index contributed by atoms with van der Waals surface area (Å²) < 4.78 is 13.9. The van der Waals surface area contributed by atoms with Crippen LogP contribution < -0.4 is 5.32 Å². The number of nitrogens with one attached hydrogen (secondary N) is 1. The first kappa shape index (κ1) is 13.9. The van der Waals surface area contributed by atoms with Crippen molar-refractivity contribution in [3.8, 4) is 0 Å². The van der Waals surface area contributed by atoms with Crippen molar-refractivity contribution in [2.24, 2.45) is 5.92 Å². The Labute approximate surface area is 117 Å². The number of rotatable bonds is 2. The first-order valence-corrected chi connectivity index (χ1v) is 7.57. The van der Waals surface area contributed by atoms with E-state index in [1.165, 1.54) is 32.1 Å². The summed E-state index contributed by atoms with van der Waals surface area (Å²) in [7, 11) is 0. The van der Waals surface area contributed by atoms with Gasteiger partial charge in [-0.25, -0.2) is 4.39 Å². The minimum Gasteiger partial charge on any atom is -0.382 e. The lowest BCUT2D eigenvalue weighted by atomic mass is 10.0. The van der Waals surface area contributed by atoms with Crippen LogP contribution in [0.1, 0.15) is 44.6 Å². The third-order valence-electron chi connectivity index (χ3n) is 3.88. The highest BCUT2D eigenvalue weighted by Crippen LogP contribution is 2.28. The molecule has 0 bridgehead atoms. The molecule has 3 heteroatoms. The summed E-state index contributed by atoms with van der Waals surface area (Å²) in [4.78, 5) is 0. The minimum atomic E-state index is -0.187. The molecule has 1 saturated carbocycles. The van der Waals surface area contributed by atoms with Crippen LogP contribution in [-0.2, 0) is 0 Å². The molecule has 0 radical (unpaired) electrons. The minimum absolute atomic E-state index is 0.187. The highest BCUT2D eigenvalue weighted by atomic mass is 79.9. The maximum atomic E-state index is 13.4. The SMILES string of the molecule is Cc1cc(F)c(Br)cc1NC1CCCC(C)CC1. The molecule has 1 N–H and O–H groups in total. The number of hydrogen-bond donors (Lipinski definition) is 1. The predicted octanol–water partition coefficient (Wildman–Crippen LogP) is 5.28. The quantitative estimate of drug-likeness (QED) is 0.733. The van der Waals surface area contributed by atoms with E-state index in [2.05, 4.69) is 28.2 Å². The van der Waals surface area contributed by atoms with E-state index in [9.17, 15) is 4.39 Å². The molecule has 2 atom stereocenters. The van der Waals surface area contributed by atoms with Gasteiger partial charge in [0.05, 0.1) is 4.47 Å². The van der Waals surface area contributed by atoms with E-state index in [0.717, 1.165) is 17.2 Å². The first-order chi connectivity index (χ1) is 8.56. The lowest BCUT2D eigenvalue weighted by Crippen LogP contribution is -2.19. The van der Waals surface area contributed by atoms with Crippen LogP contribution in [0.25, 0.3) is 0 Å². The summed E-state index contributed by atoms with van der Waals surface area (Å²) in [6.45, 7) is 4.29. The Bertz CT molecular complexity index is 419. The van der Waals surface area contributed by atoms with Gasteiger partial charge in [0.15, 0.2) is 0 Å². The van der Waals surface area contributed by atoms with Crippen LogP contribution in [0.3, 0.4) is 0 Å². The second-order valence-electron chi connectivity index (χ2n) is 5.54. The van der Waals surface area contributed by atoms with E-state index >= 15 is 0 Å². The molecule has 0 spiro atoms. The third-order valence-corrected chi connectivity index (χ3v) is 4.49. The average Bonchev–Trinajstić information content (AvgIpc) is 2.51. The van der Waals surface area contributed by atoms with Crippen molar-refractivity contribution in [2.75, 3.05) is 5.32 Å². The van der Waals surface area contributed by atoms with E-state index in [0.29, 0.717) is 10.5 Å². The second-order valence-corrected chi connectivity index (χ2v) is 6.39. The van der Waals surface area contributed by atoms with E-state index in [1.807, 2.05) is 13.0 Å². The van der Waals surface area contributed by atoms with E-state index in [4.69, 9.17) is 0 Å². The highest BCUT2D eigenvalue weighted by molar-refractivity contribution is 9.10. The van der Waals surface area contributed by atoms with Gasteiger partial charge in [0.1, 0.15) is 5.82 Å². The van der Waals surface area contributed by atoms with Crippen LogP contribution in [-0.4, -0.2) is 6.04 Å². The molecule has 1 aliphatic rings.